The number of benzene rings is 1. The third-order valence-electron chi connectivity index (χ3n) is 3.47. The fourth-order valence-electron chi connectivity index (χ4n) is 2.56. The van der Waals surface area contributed by atoms with Gasteiger partial charge in [0.2, 0.25) is 0 Å². The second-order valence-electron chi connectivity index (χ2n) is 4.78. The van der Waals surface area contributed by atoms with Crippen LogP contribution in [-0.4, -0.2) is 35.0 Å². The van der Waals surface area contributed by atoms with Gasteiger partial charge in [-0.1, -0.05) is 6.07 Å². The van der Waals surface area contributed by atoms with Gasteiger partial charge in [-0.3, -0.25) is 4.79 Å². The molecule has 1 unspecified atom stereocenters. The van der Waals surface area contributed by atoms with E-state index in [1.165, 1.54) is 6.07 Å². The summed E-state index contributed by atoms with van der Waals surface area (Å²) in [4.78, 5) is 14.3. The van der Waals surface area contributed by atoms with Crippen molar-refractivity contribution in [3.63, 3.8) is 0 Å². The van der Waals surface area contributed by atoms with Crippen molar-refractivity contribution in [2.75, 3.05) is 13.1 Å². The van der Waals surface area contributed by atoms with E-state index < -0.39 is 0 Å². The number of phenolic OH excluding ortho intramolecular Hbond substituents is 1. The summed E-state index contributed by atoms with van der Waals surface area (Å²) in [6.45, 7) is 1.48. The van der Waals surface area contributed by atoms with Crippen LogP contribution in [-0.2, 0) is 0 Å². The zero-order chi connectivity index (χ0) is 13.0. The Morgan fingerprint density at radius 2 is 2.33 bits per heavy atom. The predicted molar refractivity (Wildman–Crippen MR) is 70.5 cm³/mol. The van der Waals surface area contributed by atoms with E-state index in [4.69, 9.17) is 5.73 Å². The molecule has 1 saturated heterocycles. The van der Waals surface area contributed by atoms with E-state index in [0.29, 0.717) is 18.2 Å². The van der Waals surface area contributed by atoms with Gasteiger partial charge in [-0.05, 0) is 50.4 Å². The molecule has 1 amide bonds. The lowest BCUT2D eigenvalue weighted by atomic mass is 10.1. The summed E-state index contributed by atoms with van der Waals surface area (Å²) in [5.41, 5.74) is 6.09. The van der Waals surface area contributed by atoms with Crippen LogP contribution in [0.5, 0.6) is 5.75 Å². The highest BCUT2D eigenvalue weighted by Gasteiger charge is 2.28. The Hall–Kier alpha value is -1.55. The van der Waals surface area contributed by atoms with Crippen molar-refractivity contribution in [1.29, 1.82) is 0 Å². The summed E-state index contributed by atoms with van der Waals surface area (Å²) in [7, 11) is 0. The molecule has 3 N–H and O–H groups in total. The second kappa shape index (κ2) is 5.87. The number of carbonyl (C=O) groups is 1. The zero-order valence-corrected chi connectivity index (χ0v) is 10.5. The van der Waals surface area contributed by atoms with E-state index in [0.717, 1.165) is 32.2 Å². The lowest BCUT2D eigenvalue weighted by Crippen LogP contribution is -2.35. The molecule has 4 nitrogen and oxygen atoms in total. The van der Waals surface area contributed by atoms with Crippen LogP contribution in [0.3, 0.4) is 0 Å². The Labute approximate surface area is 107 Å². The molecule has 0 aromatic heterocycles. The normalized spacial score (nSPS) is 19.2. The van der Waals surface area contributed by atoms with Gasteiger partial charge >= 0.3 is 0 Å². The maximum absolute atomic E-state index is 12.4. The molecule has 0 saturated carbocycles. The minimum absolute atomic E-state index is 0.0189. The minimum Gasteiger partial charge on any atom is -0.508 e. The van der Waals surface area contributed by atoms with Crippen molar-refractivity contribution in [2.24, 2.45) is 5.73 Å². The first-order chi connectivity index (χ1) is 8.72. The highest BCUT2D eigenvalue weighted by molar-refractivity contribution is 5.95. The highest BCUT2D eigenvalue weighted by Crippen LogP contribution is 2.24. The lowest BCUT2D eigenvalue weighted by molar-refractivity contribution is 0.0729. The van der Waals surface area contributed by atoms with Crippen LogP contribution in [0, 0.1) is 0 Å². The molecule has 98 valence electrons. The number of hydrogen-bond donors (Lipinski definition) is 2. The van der Waals surface area contributed by atoms with Crippen molar-refractivity contribution < 1.29 is 9.90 Å². The monoisotopic (exact) mass is 248 g/mol. The number of aromatic hydroxyl groups is 1. The number of likely N-dealkylation sites (tertiary alicyclic amines) is 1. The average Bonchev–Trinajstić information content (AvgIpc) is 2.83. The van der Waals surface area contributed by atoms with E-state index >= 15 is 0 Å². The lowest BCUT2D eigenvalue weighted by Gasteiger charge is -2.24. The Bertz CT molecular complexity index is 420. The molecular formula is C14H20N2O2. The van der Waals surface area contributed by atoms with Gasteiger partial charge in [0.25, 0.3) is 5.91 Å². The first-order valence-electron chi connectivity index (χ1n) is 6.52. The van der Waals surface area contributed by atoms with Gasteiger partial charge in [0.15, 0.2) is 0 Å². The molecule has 4 heteroatoms. The number of amides is 1. The van der Waals surface area contributed by atoms with Gasteiger partial charge in [-0.15, -0.1) is 0 Å². The smallest absolute Gasteiger partial charge is 0.254 e. The predicted octanol–water partition coefficient (Wildman–Crippen LogP) is 1.74. The average molecular weight is 248 g/mol. The fraction of sp³-hybridized carbons (Fsp3) is 0.500. The number of nitrogens with two attached hydrogens (primary N) is 1. The minimum atomic E-state index is 0.0189. The molecule has 1 aromatic carbocycles. The topological polar surface area (TPSA) is 66.6 Å². The molecule has 2 rings (SSSR count). The molecule has 0 spiro atoms. The quantitative estimate of drug-likeness (QED) is 0.853. The van der Waals surface area contributed by atoms with Crippen LogP contribution in [0.2, 0.25) is 0 Å². The van der Waals surface area contributed by atoms with Crippen LogP contribution in [0.1, 0.15) is 36.0 Å². The number of nitrogens with zero attached hydrogens (tertiary/aromatic N) is 1. The summed E-state index contributed by atoms with van der Waals surface area (Å²) in [5, 5.41) is 9.42. The molecule has 0 aliphatic carbocycles. The largest absolute Gasteiger partial charge is 0.508 e. The van der Waals surface area contributed by atoms with E-state index in [2.05, 4.69) is 0 Å². The molecule has 1 atom stereocenters. The molecule has 1 heterocycles. The van der Waals surface area contributed by atoms with Crippen LogP contribution >= 0.6 is 0 Å². The maximum atomic E-state index is 12.4. The Morgan fingerprint density at radius 3 is 3.06 bits per heavy atom. The molecule has 18 heavy (non-hydrogen) atoms. The fourth-order valence-corrected chi connectivity index (χ4v) is 2.56. The molecule has 1 aliphatic heterocycles. The van der Waals surface area contributed by atoms with Gasteiger partial charge in [-0.25, -0.2) is 0 Å². The van der Waals surface area contributed by atoms with E-state index in [9.17, 15) is 9.90 Å². The summed E-state index contributed by atoms with van der Waals surface area (Å²) < 4.78 is 0. The standard InChI is InChI=1S/C14H20N2O2/c15-8-2-5-12-6-3-9-16(12)14(18)11-4-1-7-13(17)10-11/h1,4,7,10,12,17H,2-3,5-6,8-9,15H2. The van der Waals surface area contributed by atoms with E-state index in [-0.39, 0.29) is 11.7 Å². The van der Waals surface area contributed by atoms with Crippen LogP contribution < -0.4 is 5.73 Å². The van der Waals surface area contributed by atoms with Gasteiger partial charge in [0.05, 0.1) is 0 Å². The molecule has 1 fully saturated rings. The SMILES string of the molecule is NCCCC1CCCN1C(=O)c1cccc(O)c1. The zero-order valence-electron chi connectivity index (χ0n) is 10.5. The summed E-state index contributed by atoms with van der Waals surface area (Å²) in [5.74, 6) is 0.156. The van der Waals surface area contributed by atoms with Gasteiger partial charge in [-0.2, -0.15) is 0 Å². The van der Waals surface area contributed by atoms with Crippen LogP contribution in [0.15, 0.2) is 24.3 Å². The first kappa shape index (κ1) is 12.9. The van der Waals surface area contributed by atoms with Gasteiger partial charge < -0.3 is 15.7 Å². The highest BCUT2D eigenvalue weighted by atomic mass is 16.3. The van der Waals surface area contributed by atoms with E-state index in [1.807, 2.05) is 4.90 Å². The number of rotatable bonds is 4. The van der Waals surface area contributed by atoms with Gasteiger partial charge in [0.1, 0.15) is 5.75 Å². The summed E-state index contributed by atoms with van der Waals surface area (Å²) >= 11 is 0. The third-order valence-corrected chi connectivity index (χ3v) is 3.47. The maximum Gasteiger partial charge on any atom is 0.254 e. The van der Waals surface area contributed by atoms with Crippen molar-refractivity contribution >= 4 is 5.91 Å². The second-order valence-corrected chi connectivity index (χ2v) is 4.78. The van der Waals surface area contributed by atoms with Crippen LogP contribution in [0.25, 0.3) is 0 Å². The summed E-state index contributed by atoms with van der Waals surface area (Å²) in [6.07, 6.45) is 4.04. The van der Waals surface area contributed by atoms with Crippen molar-refractivity contribution in [3.8, 4) is 5.75 Å². The Morgan fingerprint density at radius 1 is 1.50 bits per heavy atom. The van der Waals surface area contributed by atoms with Crippen molar-refractivity contribution in [3.05, 3.63) is 29.8 Å². The molecule has 0 bridgehead atoms. The Balaban J connectivity index is 2.08. The third kappa shape index (κ3) is 2.82. The van der Waals surface area contributed by atoms with Gasteiger partial charge in [0, 0.05) is 18.2 Å². The number of hydrogen-bond acceptors (Lipinski definition) is 3. The number of carbonyl (C=O) groups excluding carboxylic acids is 1. The first-order valence-corrected chi connectivity index (χ1v) is 6.52. The summed E-state index contributed by atoms with van der Waals surface area (Å²) in [6, 6.07) is 6.87. The van der Waals surface area contributed by atoms with Crippen molar-refractivity contribution in [1.82, 2.24) is 4.90 Å². The van der Waals surface area contributed by atoms with Crippen LogP contribution in [0.4, 0.5) is 0 Å². The Kier molecular flexibility index (Phi) is 4.20. The molecule has 0 radical (unpaired) electrons. The molecule has 1 aromatic rings. The molecule has 1 aliphatic rings. The number of phenols is 1. The van der Waals surface area contributed by atoms with E-state index in [1.54, 1.807) is 18.2 Å². The molecular weight excluding hydrogens is 228 g/mol. The van der Waals surface area contributed by atoms with Crippen molar-refractivity contribution in [2.45, 2.75) is 31.7 Å².